The maximum Gasteiger partial charge on any atom is 0.354 e. The Hall–Kier alpha value is -1.29. The van der Waals surface area contributed by atoms with Gasteiger partial charge in [0, 0.05) is 15.4 Å². The van der Waals surface area contributed by atoms with E-state index in [1.807, 2.05) is 25.1 Å². The molecule has 0 aliphatic heterocycles. The molecule has 0 saturated heterocycles. The van der Waals surface area contributed by atoms with Gasteiger partial charge in [-0.05, 0) is 24.6 Å². The van der Waals surface area contributed by atoms with Gasteiger partial charge in [0.05, 0.1) is 7.11 Å². The van der Waals surface area contributed by atoms with E-state index in [1.165, 1.54) is 7.11 Å². The monoisotopic (exact) mass is 267 g/mol. The van der Waals surface area contributed by atoms with Crippen molar-refractivity contribution in [3.05, 3.63) is 33.9 Å². The van der Waals surface area contributed by atoms with Gasteiger partial charge in [0.1, 0.15) is 5.69 Å². The number of H-pyrrole nitrogens is 1. The first-order chi connectivity index (χ1) is 7.15. The molecule has 78 valence electrons. The van der Waals surface area contributed by atoms with Crippen LogP contribution in [0.3, 0.4) is 0 Å². The van der Waals surface area contributed by atoms with E-state index >= 15 is 0 Å². The second kappa shape index (κ2) is 3.70. The third-order valence-corrected chi connectivity index (χ3v) is 3.07. The van der Waals surface area contributed by atoms with Crippen molar-refractivity contribution in [1.29, 1.82) is 0 Å². The molecule has 0 aliphatic carbocycles. The summed E-state index contributed by atoms with van der Waals surface area (Å²) in [6, 6.07) is 5.80. The summed E-state index contributed by atoms with van der Waals surface area (Å²) in [5, 5.41) is 1.03. The lowest BCUT2D eigenvalue weighted by molar-refractivity contribution is 0.0594. The highest BCUT2D eigenvalue weighted by molar-refractivity contribution is 9.10. The Kier molecular flexibility index (Phi) is 2.52. The zero-order valence-electron chi connectivity index (χ0n) is 8.43. The minimum absolute atomic E-state index is 0.337. The number of carbonyl (C=O) groups excluding carboxylic acids is 1. The largest absolute Gasteiger partial charge is 0.464 e. The average molecular weight is 268 g/mol. The Labute approximate surface area is 95.6 Å². The quantitative estimate of drug-likeness (QED) is 0.808. The smallest absolute Gasteiger partial charge is 0.354 e. The van der Waals surface area contributed by atoms with Crippen LogP contribution in [0, 0.1) is 6.92 Å². The van der Waals surface area contributed by atoms with Crippen LogP contribution in [0.5, 0.6) is 0 Å². The highest BCUT2D eigenvalue weighted by Crippen LogP contribution is 2.29. The van der Waals surface area contributed by atoms with Crippen LogP contribution in [0.4, 0.5) is 0 Å². The Bertz CT molecular complexity index is 531. The minimum Gasteiger partial charge on any atom is -0.464 e. The number of fused-ring (bicyclic) bond motifs is 1. The van der Waals surface area contributed by atoms with Gasteiger partial charge in [0.25, 0.3) is 0 Å². The lowest BCUT2D eigenvalue weighted by atomic mass is 10.1. The molecule has 2 rings (SSSR count). The van der Waals surface area contributed by atoms with E-state index in [2.05, 4.69) is 20.9 Å². The highest BCUT2D eigenvalue weighted by Gasteiger charge is 2.16. The molecule has 0 unspecified atom stereocenters. The first-order valence-corrected chi connectivity index (χ1v) is 5.29. The maximum absolute atomic E-state index is 11.4. The molecular formula is C11H10BrNO2. The zero-order chi connectivity index (χ0) is 11.0. The number of halogens is 1. The van der Waals surface area contributed by atoms with Gasteiger partial charge in [-0.1, -0.05) is 22.0 Å². The molecule has 1 aromatic heterocycles. The second-order valence-electron chi connectivity index (χ2n) is 3.28. The van der Waals surface area contributed by atoms with Crippen LogP contribution in [-0.4, -0.2) is 18.1 Å². The van der Waals surface area contributed by atoms with Gasteiger partial charge in [-0.15, -0.1) is 0 Å². The Morgan fingerprint density at radius 3 is 2.80 bits per heavy atom. The molecular weight excluding hydrogens is 258 g/mol. The molecule has 0 aliphatic rings. The van der Waals surface area contributed by atoms with E-state index in [9.17, 15) is 4.79 Å². The molecule has 4 heteroatoms. The first-order valence-electron chi connectivity index (χ1n) is 4.50. The number of hydrogen-bond acceptors (Lipinski definition) is 2. The molecule has 1 aromatic carbocycles. The number of aromatic nitrogens is 1. The van der Waals surface area contributed by atoms with E-state index in [4.69, 9.17) is 4.74 Å². The van der Waals surface area contributed by atoms with Gasteiger partial charge in [0.2, 0.25) is 0 Å². The number of benzene rings is 1. The lowest BCUT2D eigenvalue weighted by Gasteiger charge is -1.97. The van der Waals surface area contributed by atoms with Crippen LogP contribution in [-0.2, 0) is 4.74 Å². The fourth-order valence-corrected chi connectivity index (χ4v) is 2.33. The van der Waals surface area contributed by atoms with Crippen LogP contribution in [0.15, 0.2) is 22.7 Å². The van der Waals surface area contributed by atoms with E-state index in [0.717, 1.165) is 20.9 Å². The molecule has 15 heavy (non-hydrogen) atoms. The van der Waals surface area contributed by atoms with Crippen LogP contribution in [0.1, 0.15) is 16.1 Å². The van der Waals surface area contributed by atoms with Crippen molar-refractivity contribution in [2.75, 3.05) is 7.11 Å². The summed E-state index contributed by atoms with van der Waals surface area (Å²) >= 11 is 3.46. The number of hydrogen-bond donors (Lipinski definition) is 1. The molecule has 0 fully saturated rings. The number of nitrogens with one attached hydrogen (secondary N) is 1. The van der Waals surface area contributed by atoms with Crippen molar-refractivity contribution < 1.29 is 9.53 Å². The number of rotatable bonds is 1. The van der Waals surface area contributed by atoms with Gasteiger partial charge in [-0.2, -0.15) is 0 Å². The van der Waals surface area contributed by atoms with Crippen LogP contribution in [0.2, 0.25) is 0 Å². The predicted octanol–water partition coefficient (Wildman–Crippen LogP) is 3.03. The van der Waals surface area contributed by atoms with Crippen molar-refractivity contribution in [2.45, 2.75) is 6.92 Å². The summed E-state index contributed by atoms with van der Waals surface area (Å²) in [5.74, 6) is -0.337. The highest BCUT2D eigenvalue weighted by atomic mass is 79.9. The number of ether oxygens (including phenoxy) is 1. The summed E-state index contributed by atoms with van der Waals surface area (Å²) in [6.07, 6.45) is 0. The van der Waals surface area contributed by atoms with Crippen molar-refractivity contribution in [1.82, 2.24) is 4.98 Å². The number of aromatic amines is 1. The van der Waals surface area contributed by atoms with Crippen molar-refractivity contribution in [3.8, 4) is 0 Å². The number of aryl methyl sites for hydroxylation is 1. The van der Waals surface area contributed by atoms with E-state index < -0.39 is 0 Å². The molecule has 0 spiro atoms. The van der Waals surface area contributed by atoms with Crippen molar-refractivity contribution in [2.24, 2.45) is 0 Å². The Morgan fingerprint density at radius 1 is 1.47 bits per heavy atom. The Morgan fingerprint density at radius 2 is 2.20 bits per heavy atom. The van der Waals surface area contributed by atoms with E-state index in [-0.39, 0.29) is 5.97 Å². The SMILES string of the molecule is COC(=O)c1[nH]c2cccc(Br)c2c1C. The fourth-order valence-electron chi connectivity index (χ4n) is 1.67. The summed E-state index contributed by atoms with van der Waals surface area (Å²) in [6.45, 7) is 1.90. The normalized spacial score (nSPS) is 10.6. The molecule has 0 bridgehead atoms. The van der Waals surface area contributed by atoms with Gasteiger partial charge in [0.15, 0.2) is 0 Å². The van der Waals surface area contributed by atoms with Crippen LogP contribution < -0.4 is 0 Å². The maximum atomic E-state index is 11.4. The van der Waals surface area contributed by atoms with Crippen molar-refractivity contribution >= 4 is 32.8 Å². The molecule has 1 heterocycles. The van der Waals surface area contributed by atoms with Gasteiger partial charge < -0.3 is 9.72 Å². The molecule has 0 amide bonds. The number of esters is 1. The average Bonchev–Trinajstić information content (AvgIpc) is 2.56. The third-order valence-electron chi connectivity index (χ3n) is 2.41. The molecule has 2 aromatic rings. The second-order valence-corrected chi connectivity index (χ2v) is 4.13. The molecule has 0 saturated carbocycles. The van der Waals surface area contributed by atoms with E-state index in [0.29, 0.717) is 5.69 Å². The number of methoxy groups -OCH3 is 1. The predicted molar refractivity (Wildman–Crippen MR) is 62.1 cm³/mol. The summed E-state index contributed by atoms with van der Waals surface area (Å²) in [7, 11) is 1.38. The van der Waals surface area contributed by atoms with Crippen LogP contribution in [0.25, 0.3) is 10.9 Å². The molecule has 0 atom stereocenters. The summed E-state index contributed by atoms with van der Waals surface area (Å²) in [4.78, 5) is 14.5. The van der Waals surface area contributed by atoms with Crippen molar-refractivity contribution in [3.63, 3.8) is 0 Å². The number of carbonyl (C=O) groups is 1. The van der Waals surface area contributed by atoms with Gasteiger partial charge >= 0.3 is 5.97 Å². The van der Waals surface area contributed by atoms with Gasteiger partial charge in [-0.3, -0.25) is 0 Å². The molecule has 0 radical (unpaired) electrons. The van der Waals surface area contributed by atoms with E-state index in [1.54, 1.807) is 0 Å². The third kappa shape index (κ3) is 1.55. The lowest BCUT2D eigenvalue weighted by Crippen LogP contribution is -2.02. The summed E-state index contributed by atoms with van der Waals surface area (Å²) < 4.78 is 5.68. The first kappa shape index (κ1) is 10.2. The topological polar surface area (TPSA) is 42.1 Å². The standard InChI is InChI=1S/C11H10BrNO2/c1-6-9-7(12)4-3-5-8(9)13-10(6)11(14)15-2/h3-5,13H,1-2H3. The molecule has 1 N–H and O–H groups in total. The Balaban J connectivity index is 2.75. The van der Waals surface area contributed by atoms with Gasteiger partial charge in [-0.25, -0.2) is 4.79 Å². The zero-order valence-corrected chi connectivity index (χ0v) is 10.0. The fraction of sp³-hybridized carbons (Fsp3) is 0.182. The minimum atomic E-state index is -0.337. The van der Waals surface area contributed by atoms with Crippen LogP contribution >= 0.6 is 15.9 Å². The summed E-state index contributed by atoms with van der Waals surface area (Å²) in [5.41, 5.74) is 2.35. The molecule has 3 nitrogen and oxygen atoms in total.